The zero-order chi connectivity index (χ0) is 20.8. The van der Waals surface area contributed by atoms with Crippen LogP contribution in [0, 0.1) is 6.92 Å². The number of benzene rings is 2. The number of ether oxygens (including phenoxy) is 2. The maximum atomic E-state index is 12.0. The lowest BCUT2D eigenvalue weighted by molar-refractivity contribution is -0.123. The van der Waals surface area contributed by atoms with Crippen molar-refractivity contribution in [1.29, 1.82) is 0 Å². The van der Waals surface area contributed by atoms with E-state index >= 15 is 0 Å². The van der Waals surface area contributed by atoms with Gasteiger partial charge in [0.05, 0.1) is 17.7 Å². The summed E-state index contributed by atoms with van der Waals surface area (Å²) in [4.78, 5) is 28.7. The van der Waals surface area contributed by atoms with Gasteiger partial charge in [-0.05, 0) is 48.9 Å². The van der Waals surface area contributed by atoms with Crippen LogP contribution in [0.5, 0.6) is 11.5 Å². The fourth-order valence-corrected chi connectivity index (χ4v) is 3.65. The van der Waals surface area contributed by atoms with Crippen LogP contribution < -0.4 is 14.8 Å². The highest BCUT2D eigenvalue weighted by molar-refractivity contribution is 7.17. The number of hydrogen-bond donors (Lipinski definition) is 1. The Morgan fingerprint density at radius 2 is 1.69 bits per heavy atom. The molecule has 1 amide bonds. The van der Waals surface area contributed by atoms with Crippen LogP contribution in [0.3, 0.4) is 0 Å². The summed E-state index contributed by atoms with van der Waals surface area (Å²) >= 11 is 1.38. The Balaban J connectivity index is 1.51. The third kappa shape index (κ3) is 5.42. The number of aromatic nitrogens is 1. The molecular weight excluding hydrogens is 388 g/mol. The molecule has 1 heterocycles. The third-order valence-corrected chi connectivity index (χ3v) is 5.54. The van der Waals surface area contributed by atoms with Crippen molar-refractivity contribution in [2.45, 2.75) is 20.4 Å². The summed E-state index contributed by atoms with van der Waals surface area (Å²) in [6, 6.07) is 14.8. The standard InChI is InChI=1S/C22H22N2O4S/c1-14-21(15(2)25)29-22(24-14)17-6-10-19(11-7-17)28-13-20(26)23-12-16-4-8-18(27-3)9-5-16/h4-11H,12-13H2,1-3H3,(H,23,26). The predicted octanol–water partition coefficient (Wildman–Crippen LogP) is 4.02. The summed E-state index contributed by atoms with van der Waals surface area (Å²) in [6.45, 7) is 3.73. The molecule has 0 aliphatic rings. The van der Waals surface area contributed by atoms with Gasteiger partial charge in [-0.25, -0.2) is 4.98 Å². The Labute approximate surface area is 173 Å². The Bertz CT molecular complexity index is 995. The zero-order valence-corrected chi connectivity index (χ0v) is 17.3. The molecule has 0 atom stereocenters. The SMILES string of the molecule is COc1ccc(CNC(=O)COc2ccc(-c3nc(C)c(C(C)=O)s3)cc2)cc1. The summed E-state index contributed by atoms with van der Waals surface area (Å²) in [5.74, 6) is 1.18. The number of nitrogens with one attached hydrogen (secondary N) is 1. The highest BCUT2D eigenvalue weighted by Gasteiger charge is 2.13. The first kappa shape index (κ1) is 20.5. The molecule has 3 rings (SSSR count). The van der Waals surface area contributed by atoms with E-state index in [0.717, 1.165) is 27.6 Å². The normalized spacial score (nSPS) is 10.4. The molecule has 0 bridgehead atoms. The van der Waals surface area contributed by atoms with Gasteiger partial charge in [-0.3, -0.25) is 9.59 Å². The maximum Gasteiger partial charge on any atom is 0.258 e. The van der Waals surface area contributed by atoms with Crippen molar-refractivity contribution < 1.29 is 19.1 Å². The van der Waals surface area contributed by atoms with Crippen LogP contribution in [0.4, 0.5) is 0 Å². The number of Topliss-reactive ketones (excluding diaryl/α,β-unsaturated/α-hetero) is 1. The number of rotatable bonds is 8. The number of ketones is 1. The van der Waals surface area contributed by atoms with E-state index in [1.54, 1.807) is 26.2 Å². The van der Waals surface area contributed by atoms with E-state index in [2.05, 4.69) is 10.3 Å². The Morgan fingerprint density at radius 3 is 2.28 bits per heavy atom. The zero-order valence-electron chi connectivity index (χ0n) is 16.5. The molecule has 2 aromatic carbocycles. The molecule has 0 radical (unpaired) electrons. The van der Waals surface area contributed by atoms with Crippen LogP contribution in [0.1, 0.15) is 27.9 Å². The Kier molecular flexibility index (Phi) is 6.61. The molecule has 0 aliphatic heterocycles. The molecule has 150 valence electrons. The lowest BCUT2D eigenvalue weighted by atomic mass is 10.2. The van der Waals surface area contributed by atoms with Crippen LogP contribution in [0.25, 0.3) is 10.6 Å². The number of amides is 1. The van der Waals surface area contributed by atoms with Crippen molar-refractivity contribution >= 4 is 23.0 Å². The average Bonchev–Trinajstić information content (AvgIpc) is 3.13. The largest absolute Gasteiger partial charge is 0.497 e. The van der Waals surface area contributed by atoms with Gasteiger partial charge in [0, 0.05) is 19.0 Å². The first-order valence-corrected chi connectivity index (χ1v) is 9.89. The molecule has 0 spiro atoms. The van der Waals surface area contributed by atoms with Crippen LogP contribution >= 0.6 is 11.3 Å². The van der Waals surface area contributed by atoms with Gasteiger partial charge >= 0.3 is 0 Å². The molecule has 0 fully saturated rings. The maximum absolute atomic E-state index is 12.0. The van der Waals surface area contributed by atoms with Gasteiger partial charge in [-0.15, -0.1) is 11.3 Å². The van der Waals surface area contributed by atoms with Crippen molar-refractivity contribution in [3.05, 3.63) is 64.7 Å². The molecule has 0 unspecified atom stereocenters. The number of hydrogen-bond acceptors (Lipinski definition) is 6. The third-order valence-electron chi connectivity index (χ3n) is 4.24. The van der Waals surface area contributed by atoms with E-state index in [0.29, 0.717) is 17.2 Å². The number of nitrogens with zero attached hydrogens (tertiary/aromatic N) is 1. The Hall–Kier alpha value is -3.19. The predicted molar refractivity (Wildman–Crippen MR) is 113 cm³/mol. The van der Waals surface area contributed by atoms with Crippen molar-refractivity contribution in [2.75, 3.05) is 13.7 Å². The van der Waals surface area contributed by atoms with Crippen LogP contribution in [-0.2, 0) is 11.3 Å². The van der Waals surface area contributed by atoms with E-state index in [1.807, 2.05) is 43.3 Å². The Morgan fingerprint density at radius 1 is 1.03 bits per heavy atom. The van der Waals surface area contributed by atoms with E-state index in [-0.39, 0.29) is 18.3 Å². The van der Waals surface area contributed by atoms with Gasteiger partial charge in [0.1, 0.15) is 16.5 Å². The fraction of sp³-hybridized carbons (Fsp3) is 0.227. The minimum absolute atomic E-state index is 0.0202. The molecule has 29 heavy (non-hydrogen) atoms. The quantitative estimate of drug-likeness (QED) is 0.568. The van der Waals surface area contributed by atoms with E-state index in [1.165, 1.54) is 11.3 Å². The van der Waals surface area contributed by atoms with Crippen LogP contribution in [-0.4, -0.2) is 30.4 Å². The summed E-state index contributed by atoms with van der Waals surface area (Å²) < 4.78 is 10.7. The second-order valence-corrected chi connectivity index (χ2v) is 7.43. The topological polar surface area (TPSA) is 77.5 Å². The molecule has 0 saturated heterocycles. The number of thiazole rings is 1. The lowest BCUT2D eigenvalue weighted by Crippen LogP contribution is -2.28. The molecule has 0 aliphatic carbocycles. The molecule has 1 aromatic heterocycles. The van der Waals surface area contributed by atoms with Crippen molar-refractivity contribution in [3.63, 3.8) is 0 Å². The second-order valence-electron chi connectivity index (χ2n) is 6.43. The van der Waals surface area contributed by atoms with Gasteiger partial charge in [0.2, 0.25) is 0 Å². The van der Waals surface area contributed by atoms with Crippen molar-refractivity contribution in [1.82, 2.24) is 10.3 Å². The highest BCUT2D eigenvalue weighted by Crippen LogP contribution is 2.29. The molecular formula is C22H22N2O4S. The van der Waals surface area contributed by atoms with Crippen molar-refractivity contribution in [2.24, 2.45) is 0 Å². The number of carbonyl (C=O) groups excluding carboxylic acids is 2. The average molecular weight is 410 g/mol. The molecule has 6 nitrogen and oxygen atoms in total. The van der Waals surface area contributed by atoms with Gasteiger partial charge in [-0.1, -0.05) is 12.1 Å². The van der Waals surface area contributed by atoms with Gasteiger partial charge in [0.25, 0.3) is 5.91 Å². The minimum Gasteiger partial charge on any atom is -0.497 e. The highest BCUT2D eigenvalue weighted by atomic mass is 32.1. The number of carbonyl (C=O) groups is 2. The molecule has 1 N–H and O–H groups in total. The molecule has 7 heteroatoms. The lowest BCUT2D eigenvalue weighted by Gasteiger charge is -2.08. The molecule has 3 aromatic rings. The minimum atomic E-state index is -0.202. The molecule has 0 saturated carbocycles. The summed E-state index contributed by atoms with van der Waals surface area (Å²) in [5, 5.41) is 3.61. The van der Waals surface area contributed by atoms with E-state index < -0.39 is 0 Å². The van der Waals surface area contributed by atoms with E-state index in [9.17, 15) is 9.59 Å². The van der Waals surface area contributed by atoms with Crippen LogP contribution in [0.2, 0.25) is 0 Å². The summed E-state index contributed by atoms with van der Waals surface area (Å²) in [5.41, 5.74) is 2.63. The van der Waals surface area contributed by atoms with Crippen molar-refractivity contribution in [3.8, 4) is 22.1 Å². The van der Waals surface area contributed by atoms with Gasteiger partial charge in [-0.2, -0.15) is 0 Å². The number of aryl methyl sites for hydroxylation is 1. The number of methoxy groups -OCH3 is 1. The smallest absolute Gasteiger partial charge is 0.258 e. The summed E-state index contributed by atoms with van der Waals surface area (Å²) in [7, 11) is 1.61. The first-order chi connectivity index (χ1) is 14.0. The van der Waals surface area contributed by atoms with E-state index in [4.69, 9.17) is 9.47 Å². The summed E-state index contributed by atoms with van der Waals surface area (Å²) in [6.07, 6.45) is 0. The van der Waals surface area contributed by atoms with Gasteiger partial charge < -0.3 is 14.8 Å². The van der Waals surface area contributed by atoms with Crippen LogP contribution in [0.15, 0.2) is 48.5 Å². The van der Waals surface area contributed by atoms with Gasteiger partial charge in [0.15, 0.2) is 12.4 Å². The first-order valence-electron chi connectivity index (χ1n) is 9.07. The fourth-order valence-electron chi connectivity index (χ4n) is 2.68. The monoisotopic (exact) mass is 410 g/mol. The second kappa shape index (κ2) is 9.34.